The molecule has 17 heavy (non-hydrogen) atoms. The highest BCUT2D eigenvalue weighted by Gasteiger charge is 2.08. The maximum absolute atomic E-state index is 5.86. The molecule has 0 fully saturated rings. The first kappa shape index (κ1) is 14.0. The molecule has 2 atom stereocenters. The van der Waals surface area contributed by atoms with Crippen LogP contribution in [0.15, 0.2) is 18.2 Å². The average molecular weight is 237 g/mol. The zero-order chi connectivity index (χ0) is 12.8. The number of hydrogen-bond donors (Lipinski definition) is 1. The molecule has 0 bridgehead atoms. The molecular formula is C14H23NO2. The predicted octanol–water partition coefficient (Wildman–Crippen LogP) is 2.82. The second-order valence-corrected chi connectivity index (χ2v) is 4.52. The van der Waals surface area contributed by atoms with E-state index in [1.54, 1.807) is 7.11 Å². The highest BCUT2D eigenvalue weighted by molar-refractivity contribution is 5.37. The van der Waals surface area contributed by atoms with E-state index in [0.29, 0.717) is 0 Å². The Bertz CT molecular complexity index is 350. The van der Waals surface area contributed by atoms with E-state index in [9.17, 15) is 0 Å². The summed E-state index contributed by atoms with van der Waals surface area (Å²) in [6.45, 7) is 6.80. The van der Waals surface area contributed by atoms with Crippen LogP contribution in [0.4, 0.5) is 0 Å². The summed E-state index contributed by atoms with van der Waals surface area (Å²) in [7, 11) is 1.70. The molecule has 96 valence electrons. The summed E-state index contributed by atoms with van der Waals surface area (Å²) in [6, 6.07) is 6.17. The third kappa shape index (κ3) is 4.36. The molecule has 0 spiro atoms. The second-order valence-electron chi connectivity index (χ2n) is 4.52. The van der Waals surface area contributed by atoms with E-state index in [-0.39, 0.29) is 12.1 Å². The molecule has 1 unspecified atom stereocenters. The first-order valence-electron chi connectivity index (χ1n) is 6.06. The minimum absolute atomic E-state index is 0.0636. The van der Waals surface area contributed by atoms with E-state index < -0.39 is 0 Å². The van der Waals surface area contributed by atoms with E-state index in [2.05, 4.69) is 13.0 Å². The lowest BCUT2D eigenvalue weighted by molar-refractivity contribution is 0.134. The topological polar surface area (TPSA) is 44.5 Å². The number of benzene rings is 1. The van der Waals surface area contributed by atoms with Crippen LogP contribution in [0, 0.1) is 6.92 Å². The van der Waals surface area contributed by atoms with Gasteiger partial charge in [-0.15, -0.1) is 0 Å². The minimum atomic E-state index is 0.0636. The fourth-order valence-corrected chi connectivity index (χ4v) is 1.65. The van der Waals surface area contributed by atoms with Crippen molar-refractivity contribution in [3.63, 3.8) is 0 Å². The fourth-order valence-electron chi connectivity index (χ4n) is 1.65. The van der Waals surface area contributed by atoms with Crippen LogP contribution in [0.5, 0.6) is 5.75 Å². The first-order chi connectivity index (χ1) is 8.04. The molecule has 1 aromatic carbocycles. The molecule has 1 aromatic rings. The number of methoxy groups -OCH3 is 1. The van der Waals surface area contributed by atoms with Crippen molar-refractivity contribution in [1.82, 2.24) is 0 Å². The van der Waals surface area contributed by atoms with Gasteiger partial charge in [-0.2, -0.15) is 0 Å². The number of rotatable bonds is 6. The van der Waals surface area contributed by atoms with Crippen molar-refractivity contribution in [2.45, 2.75) is 39.3 Å². The summed E-state index contributed by atoms with van der Waals surface area (Å²) in [5.41, 5.74) is 8.11. The van der Waals surface area contributed by atoms with Gasteiger partial charge in [-0.1, -0.05) is 12.1 Å². The molecule has 0 amide bonds. The van der Waals surface area contributed by atoms with Crippen molar-refractivity contribution in [1.29, 1.82) is 0 Å². The maximum atomic E-state index is 5.86. The van der Waals surface area contributed by atoms with Gasteiger partial charge in [0.15, 0.2) is 0 Å². The lowest BCUT2D eigenvalue weighted by Crippen LogP contribution is -2.15. The summed E-state index contributed by atoms with van der Waals surface area (Å²) >= 11 is 0. The van der Waals surface area contributed by atoms with Gasteiger partial charge in [0.25, 0.3) is 0 Å². The summed E-state index contributed by atoms with van der Waals surface area (Å²) < 4.78 is 10.9. The van der Waals surface area contributed by atoms with Crippen molar-refractivity contribution >= 4 is 0 Å². The lowest BCUT2D eigenvalue weighted by atomic mass is 10.1. The van der Waals surface area contributed by atoms with Crippen LogP contribution < -0.4 is 10.5 Å². The van der Waals surface area contributed by atoms with Gasteiger partial charge in [0, 0.05) is 26.2 Å². The Morgan fingerprint density at radius 1 is 1.29 bits per heavy atom. The molecule has 0 aliphatic carbocycles. The standard InChI is InChI=1S/C14H23NO2/c1-10-9-13(12(3)15)5-6-14(10)17-11(2)7-8-16-4/h5-6,9,11-12H,7-8,15H2,1-4H3/t11?,12-/m0/s1. The van der Waals surface area contributed by atoms with Crippen LogP contribution >= 0.6 is 0 Å². The highest BCUT2D eigenvalue weighted by atomic mass is 16.5. The molecule has 0 saturated heterocycles. The Hall–Kier alpha value is -1.06. The zero-order valence-corrected chi connectivity index (χ0v) is 11.2. The molecule has 1 rings (SSSR count). The predicted molar refractivity (Wildman–Crippen MR) is 70.4 cm³/mol. The first-order valence-corrected chi connectivity index (χ1v) is 6.06. The third-order valence-corrected chi connectivity index (χ3v) is 2.78. The van der Waals surface area contributed by atoms with Crippen LogP contribution in [0.25, 0.3) is 0 Å². The van der Waals surface area contributed by atoms with Crippen molar-refractivity contribution in [2.75, 3.05) is 13.7 Å². The highest BCUT2D eigenvalue weighted by Crippen LogP contribution is 2.23. The van der Waals surface area contributed by atoms with Gasteiger partial charge in [0.2, 0.25) is 0 Å². The fraction of sp³-hybridized carbons (Fsp3) is 0.571. The zero-order valence-electron chi connectivity index (χ0n) is 11.2. The maximum Gasteiger partial charge on any atom is 0.122 e. The SMILES string of the molecule is COCCC(C)Oc1ccc([C@H](C)N)cc1C. The van der Waals surface area contributed by atoms with Gasteiger partial charge in [-0.3, -0.25) is 0 Å². The summed E-state index contributed by atoms with van der Waals surface area (Å²) in [5.74, 6) is 0.929. The van der Waals surface area contributed by atoms with Gasteiger partial charge in [0.1, 0.15) is 5.75 Å². The van der Waals surface area contributed by atoms with Crippen molar-refractivity contribution in [3.8, 4) is 5.75 Å². The molecule has 0 aliphatic heterocycles. The molecular weight excluding hydrogens is 214 g/mol. The molecule has 0 heterocycles. The van der Waals surface area contributed by atoms with E-state index in [1.165, 1.54) is 0 Å². The molecule has 3 nitrogen and oxygen atoms in total. The van der Waals surface area contributed by atoms with E-state index in [4.69, 9.17) is 15.2 Å². The Balaban J connectivity index is 2.65. The van der Waals surface area contributed by atoms with Crippen LogP contribution in [0.2, 0.25) is 0 Å². The van der Waals surface area contributed by atoms with Gasteiger partial charge in [-0.25, -0.2) is 0 Å². The minimum Gasteiger partial charge on any atom is -0.490 e. The average Bonchev–Trinajstić information content (AvgIpc) is 2.28. The van der Waals surface area contributed by atoms with Gasteiger partial charge >= 0.3 is 0 Å². The summed E-state index contributed by atoms with van der Waals surface area (Å²) in [5, 5.41) is 0. The summed E-state index contributed by atoms with van der Waals surface area (Å²) in [4.78, 5) is 0. The van der Waals surface area contributed by atoms with Crippen molar-refractivity contribution in [3.05, 3.63) is 29.3 Å². The van der Waals surface area contributed by atoms with Crippen LogP contribution in [0.1, 0.15) is 37.4 Å². The molecule has 0 aromatic heterocycles. The van der Waals surface area contributed by atoms with E-state index >= 15 is 0 Å². The molecule has 0 radical (unpaired) electrons. The molecule has 2 N–H and O–H groups in total. The van der Waals surface area contributed by atoms with E-state index in [0.717, 1.165) is 29.9 Å². The lowest BCUT2D eigenvalue weighted by Gasteiger charge is -2.17. The van der Waals surface area contributed by atoms with Gasteiger partial charge < -0.3 is 15.2 Å². The number of aryl methyl sites for hydroxylation is 1. The van der Waals surface area contributed by atoms with Crippen molar-refractivity contribution < 1.29 is 9.47 Å². The number of ether oxygens (including phenoxy) is 2. The summed E-state index contributed by atoms with van der Waals surface area (Å²) in [6.07, 6.45) is 1.06. The van der Waals surface area contributed by atoms with Gasteiger partial charge in [-0.05, 0) is 38.0 Å². The normalized spacial score (nSPS) is 14.4. The Kier molecular flexibility index (Phi) is 5.45. The molecule has 0 saturated carbocycles. The number of hydrogen-bond acceptors (Lipinski definition) is 3. The Labute approximate surface area is 104 Å². The molecule has 0 aliphatic rings. The van der Waals surface area contributed by atoms with Crippen LogP contribution in [-0.2, 0) is 4.74 Å². The van der Waals surface area contributed by atoms with E-state index in [1.807, 2.05) is 26.0 Å². The Morgan fingerprint density at radius 2 is 2.00 bits per heavy atom. The monoisotopic (exact) mass is 237 g/mol. The van der Waals surface area contributed by atoms with Crippen LogP contribution in [0.3, 0.4) is 0 Å². The molecule has 3 heteroatoms. The van der Waals surface area contributed by atoms with Crippen LogP contribution in [-0.4, -0.2) is 19.8 Å². The van der Waals surface area contributed by atoms with Crippen molar-refractivity contribution in [2.24, 2.45) is 5.73 Å². The second kappa shape index (κ2) is 6.62. The third-order valence-electron chi connectivity index (χ3n) is 2.78. The Morgan fingerprint density at radius 3 is 2.53 bits per heavy atom. The smallest absolute Gasteiger partial charge is 0.122 e. The largest absolute Gasteiger partial charge is 0.490 e. The number of nitrogens with two attached hydrogens (primary N) is 1. The van der Waals surface area contributed by atoms with Gasteiger partial charge in [0.05, 0.1) is 6.10 Å². The quantitative estimate of drug-likeness (QED) is 0.827.